The fourth-order valence-electron chi connectivity index (χ4n) is 2.31. The Morgan fingerprint density at radius 2 is 2.17 bits per heavy atom. The van der Waals surface area contributed by atoms with Gasteiger partial charge in [0, 0.05) is 31.5 Å². The van der Waals surface area contributed by atoms with E-state index in [1.54, 1.807) is 0 Å². The zero-order valence-corrected chi connectivity index (χ0v) is 11.3. The summed E-state index contributed by atoms with van der Waals surface area (Å²) in [5.74, 6) is 0.821. The third-order valence-corrected chi connectivity index (χ3v) is 3.72. The Hall–Kier alpha value is -1.29. The van der Waals surface area contributed by atoms with Gasteiger partial charge in [-0.3, -0.25) is 4.79 Å². The molecule has 0 bridgehead atoms. The van der Waals surface area contributed by atoms with Crippen LogP contribution in [0.2, 0.25) is 0 Å². The Bertz CT molecular complexity index is 405. The first kappa shape index (κ1) is 13.1. The van der Waals surface area contributed by atoms with E-state index in [-0.39, 0.29) is 11.9 Å². The minimum absolute atomic E-state index is 0.148. The summed E-state index contributed by atoms with van der Waals surface area (Å²) in [4.78, 5) is 13.8. The second kappa shape index (κ2) is 5.57. The van der Waals surface area contributed by atoms with E-state index in [9.17, 15) is 4.79 Å². The summed E-state index contributed by atoms with van der Waals surface area (Å²) in [5.41, 5.74) is 7.31. The fraction of sp³-hybridized carbons (Fsp3) is 0.643. The molecule has 1 aliphatic carbocycles. The summed E-state index contributed by atoms with van der Waals surface area (Å²) in [6, 6.07) is 2.19. The smallest absolute Gasteiger partial charge is 0.242 e. The van der Waals surface area contributed by atoms with Crippen LogP contribution in [0.4, 0.5) is 0 Å². The lowest BCUT2D eigenvalue weighted by Gasteiger charge is -2.18. The molecule has 4 heteroatoms. The van der Waals surface area contributed by atoms with Crippen molar-refractivity contribution in [2.45, 2.75) is 39.3 Å². The molecule has 1 amide bonds. The molecule has 1 aromatic rings. The van der Waals surface area contributed by atoms with E-state index in [0.29, 0.717) is 12.5 Å². The molecule has 1 aliphatic rings. The summed E-state index contributed by atoms with van der Waals surface area (Å²) in [7, 11) is 0. The van der Waals surface area contributed by atoms with Gasteiger partial charge in [0.15, 0.2) is 0 Å². The van der Waals surface area contributed by atoms with E-state index in [0.717, 1.165) is 18.7 Å². The molecule has 1 fully saturated rings. The van der Waals surface area contributed by atoms with Crippen LogP contribution in [0.5, 0.6) is 0 Å². The molecule has 4 nitrogen and oxygen atoms in total. The quantitative estimate of drug-likeness (QED) is 0.835. The van der Waals surface area contributed by atoms with Crippen molar-refractivity contribution < 1.29 is 4.79 Å². The van der Waals surface area contributed by atoms with E-state index < -0.39 is 0 Å². The van der Waals surface area contributed by atoms with Crippen LogP contribution in [0, 0.1) is 5.92 Å². The Kier molecular flexibility index (Phi) is 4.07. The molecule has 0 aromatic carbocycles. The minimum atomic E-state index is 0.148. The number of carbonyl (C=O) groups excluding carboxylic acids is 1. The van der Waals surface area contributed by atoms with Crippen LogP contribution in [-0.4, -0.2) is 28.5 Å². The Balaban J connectivity index is 1.95. The van der Waals surface area contributed by atoms with Crippen molar-refractivity contribution in [3.8, 4) is 0 Å². The lowest BCUT2D eigenvalue weighted by molar-refractivity contribution is -0.131. The van der Waals surface area contributed by atoms with Gasteiger partial charge in [0.2, 0.25) is 5.91 Å². The van der Waals surface area contributed by atoms with Gasteiger partial charge in [-0.05, 0) is 44.2 Å². The lowest BCUT2D eigenvalue weighted by atomic mass is 10.1. The SMILES string of the molecule is CCN(CC)C(=O)Cn1ccc(C(N)C2CC2)c1. The van der Waals surface area contributed by atoms with Crippen molar-refractivity contribution in [2.24, 2.45) is 11.7 Å². The first-order valence-electron chi connectivity index (χ1n) is 6.84. The van der Waals surface area contributed by atoms with Crippen molar-refractivity contribution in [3.05, 3.63) is 24.0 Å². The van der Waals surface area contributed by atoms with E-state index in [2.05, 4.69) is 0 Å². The van der Waals surface area contributed by atoms with Crippen LogP contribution in [0.3, 0.4) is 0 Å². The maximum atomic E-state index is 12.0. The number of nitrogens with two attached hydrogens (primary N) is 1. The average Bonchev–Trinajstić information content (AvgIpc) is 3.11. The molecule has 100 valence electrons. The van der Waals surface area contributed by atoms with Gasteiger partial charge >= 0.3 is 0 Å². The molecule has 0 saturated heterocycles. The van der Waals surface area contributed by atoms with Crippen molar-refractivity contribution in [1.82, 2.24) is 9.47 Å². The molecule has 2 rings (SSSR count). The molecule has 1 saturated carbocycles. The third-order valence-electron chi connectivity index (χ3n) is 3.72. The van der Waals surface area contributed by atoms with E-state index >= 15 is 0 Å². The standard InChI is InChI=1S/C14H23N3O/c1-3-17(4-2)13(18)10-16-8-7-12(9-16)14(15)11-5-6-11/h7-9,11,14H,3-6,10,15H2,1-2H3. The highest BCUT2D eigenvalue weighted by Crippen LogP contribution is 2.39. The number of likely N-dealkylation sites (N-methyl/N-ethyl adjacent to an activating group) is 1. The first-order valence-corrected chi connectivity index (χ1v) is 6.84. The van der Waals surface area contributed by atoms with Gasteiger partial charge in [-0.1, -0.05) is 0 Å². The maximum absolute atomic E-state index is 12.0. The maximum Gasteiger partial charge on any atom is 0.242 e. The molecule has 0 aliphatic heterocycles. The largest absolute Gasteiger partial charge is 0.345 e. The van der Waals surface area contributed by atoms with Crippen LogP contribution in [-0.2, 0) is 11.3 Å². The van der Waals surface area contributed by atoms with Gasteiger partial charge in [-0.2, -0.15) is 0 Å². The van der Waals surface area contributed by atoms with Crippen LogP contribution < -0.4 is 5.73 Å². The van der Waals surface area contributed by atoms with Gasteiger partial charge in [0.25, 0.3) is 0 Å². The number of nitrogens with zero attached hydrogens (tertiary/aromatic N) is 2. The van der Waals surface area contributed by atoms with E-state index in [1.807, 2.05) is 41.8 Å². The summed E-state index contributed by atoms with van der Waals surface area (Å²) < 4.78 is 1.94. The molecule has 0 radical (unpaired) electrons. The second-order valence-corrected chi connectivity index (χ2v) is 5.05. The lowest BCUT2D eigenvalue weighted by Crippen LogP contribution is -2.33. The minimum Gasteiger partial charge on any atom is -0.345 e. The van der Waals surface area contributed by atoms with E-state index in [4.69, 9.17) is 5.73 Å². The topological polar surface area (TPSA) is 51.3 Å². The Labute approximate surface area is 109 Å². The number of hydrogen-bond donors (Lipinski definition) is 1. The zero-order chi connectivity index (χ0) is 13.1. The Morgan fingerprint density at radius 3 is 2.72 bits per heavy atom. The predicted molar refractivity (Wildman–Crippen MR) is 72.0 cm³/mol. The monoisotopic (exact) mass is 249 g/mol. The molecular weight excluding hydrogens is 226 g/mol. The highest BCUT2D eigenvalue weighted by Gasteiger charge is 2.29. The molecule has 0 spiro atoms. The molecule has 1 aromatic heterocycles. The third kappa shape index (κ3) is 2.93. The van der Waals surface area contributed by atoms with Gasteiger partial charge in [-0.15, -0.1) is 0 Å². The van der Waals surface area contributed by atoms with Gasteiger partial charge in [0.05, 0.1) is 0 Å². The van der Waals surface area contributed by atoms with Crippen molar-refractivity contribution >= 4 is 5.91 Å². The van der Waals surface area contributed by atoms with Crippen molar-refractivity contribution in [3.63, 3.8) is 0 Å². The number of aromatic nitrogens is 1. The normalized spacial score (nSPS) is 16.6. The van der Waals surface area contributed by atoms with Gasteiger partial charge in [0.1, 0.15) is 6.54 Å². The molecule has 2 N–H and O–H groups in total. The van der Waals surface area contributed by atoms with E-state index in [1.165, 1.54) is 12.8 Å². The molecular formula is C14H23N3O. The number of rotatable bonds is 6. The summed E-state index contributed by atoms with van der Waals surface area (Å²) >= 11 is 0. The van der Waals surface area contributed by atoms with Crippen LogP contribution in [0.25, 0.3) is 0 Å². The number of amides is 1. The summed E-state index contributed by atoms with van der Waals surface area (Å²) in [5, 5.41) is 0. The highest BCUT2D eigenvalue weighted by molar-refractivity contribution is 5.75. The summed E-state index contributed by atoms with van der Waals surface area (Å²) in [6.07, 6.45) is 6.46. The van der Waals surface area contributed by atoms with Gasteiger partial charge < -0.3 is 15.2 Å². The predicted octanol–water partition coefficient (Wildman–Crippen LogP) is 1.77. The van der Waals surface area contributed by atoms with Gasteiger partial charge in [-0.25, -0.2) is 0 Å². The zero-order valence-electron chi connectivity index (χ0n) is 11.3. The summed E-state index contributed by atoms with van der Waals surface area (Å²) in [6.45, 7) is 5.96. The molecule has 1 unspecified atom stereocenters. The molecule has 1 atom stereocenters. The van der Waals surface area contributed by atoms with Crippen molar-refractivity contribution in [2.75, 3.05) is 13.1 Å². The first-order chi connectivity index (χ1) is 8.65. The van der Waals surface area contributed by atoms with Crippen LogP contribution in [0.15, 0.2) is 18.5 Å². The number of carbonyl (C=O) groups is 1. The van der Waals surface area contributed by atoms with Crippen LogP contribution in [0.1, 0.15) is 38.3 Å². The van der Waals surface area contributed by atoms with Crippen molar-refractivity contribution in [1.29, 1.82) is 0 Å². The second-order valence-electron chi connectivity index (χ2n) is 5.05. The Morgan fingerprint density at radius 1 is 1.50 bits per heavy atom. The average molecular weight is 249 g/mol. The fourth-order valence-corrected chi connectivity index (χ4v) is 2.31. The van der Waals surface area contributed by atoms with Crippen LogP contribution >= 0.6 is 0 Å². The molecule has 1 heterocycles. The highest BCUT2D eigenvalue weighted by atomic mass is 16.2. The number of hydrogen-bond acceptors (Lipinski definition) is 2. The molecule has 18 heavy (non-hydrogen) atoms.